The van der Waals surface area contributed by atoms with Crippen molar-refractivity contribution in [3.05, 3.63) is 58.3 Å². The highest BCUT2D eigenvalue weighted by Crippen LogP contribution is 2.29. The Hall–Kier alpha value is -1.68. The second-order valence-electron chi connectivity index (χ2n) is 5.60. The Morgan fingerprint density at radius 2 is 1.80 bits per heavy atom. The fraction of sp³-hybridized carbons (Fsp3) is 0.250. The third-order valence-electron chi connectivity index (χ3n) is 2.93. The third kappa shape index (κ3) is 3.45. The minimum atomic E-state index is -0.206. The van der Waals surface area contributed by atoms with Crippen molar-refractivity contribution in [3.63, 3.8) is 0 Å². The maximum atomic E-state index is 12.3. The van der Waals surface area contributed by atoms with E-state index < -0.39 is 0 Å². The molecule has 20 heavy (non-hydrogen) atoms. The van der Waals surface area contributed by atoms with Crippen LogP contribution in [-0.4, -0.2) is 10.9 Å². The van der Waals surface area contributed by atoms with Crippen molar-refractivity contribution in [2.24, 2.45) is 0 Å². The quantitative estimate of drug-likeness (QED) is 0.828. The Balaban J connectivity index is 2.29. The summed E-state index contributed by atoms with van der Waals surface area (Å²) in [7, 11) is 0. The number of carbonyl (C=O) groups is 1. The predicted octanol–water partition coefficient (Wildman–Crippen LogP) is 4.39. The first-order valence-electron chi connectivity index (χ1n) is 6.41. The second-order valence-corrected chi connectivity index (χ2v) is 6.41. The number of anilines is 1. The Morgan fingerprint density at radius 1 is 1.10 bits per heavy atom. The average molecular weight is 333 g/mol. The van der Waals surface area contributed by atoms with Gasteiger partial charge in [-0.25, -0.2) is 4.98 Å². The first-order valence-corrected chi connectivity index (χ1v) is 7.20. The SMILES string of the molecule is CC(C)(C)c1ccccc1NC(=O)c1cccc(Br)n1. The lowest BCUT2D eigenvalue weighted by molar-refractivity contribution is 0.102. The fourth-order valence-electron chi connectivity index (χ4n) is 1.97. The van der Waals surface area contributed by atoms with E-state index in [2.05, 4.69) is 47.0 Å². The molecule has 1 heterocycles. The van der Waals surface area contributed by atoms with Gasteiger partial charge in [-0.15, -0.1) is 0 Å². The summed E-state index contributed by atoms with van der Waals surface area (Å²) in [5.74, 6) is -0.206. The largest absolute Gasteiger partial charge is 0.320 e. The van der Waals surface area contributed by atoms with Crippen molar-refractivity contribution < 1.29 is 4.79 Å². The number of para-hydroxylation sites is 1. The molecule has 104 valence electrons. The predicted molar refractivity (Wildman–Crippen MR) is 85.0 cm³/mol. The molecule has 0 aliphatic heterocycles. The lowest BCUT2D eigenvalue weighted by Crippen LogP contribution is -2.19. The molecule has 0 radical (unpaired) electrons. The summed E-state index contributed by atoms with van der Waals surface area (Å²) in [6.45, 7) is 6.36. The summed E-state index contributed by atoms with van der Waals surface area (Å²) in [4.78, 5) is 16.4. The van der Waals surface area contributed by atoms with Gasteiger partial charge in [0.2, 0.25) is 0 Å². The Bertz CT molecular complexity index is 632. The Morgan fingerprint density at radius 3 is 2.45 bits per heavy atom. The monoisotopic (exact) mass is 332 g/mol. The third-order valence-corrected chi connectivity index (χ3v) is 3.37. The van der Waals surface area contributed by atoms with E-state index in [0.29, 0.717) is 10.3 Å². The normalized spacial score (nSPS) is 11.2. The van der Waals surface area contributed by atoms with E-state index in [4.69, 9.17) is 0 Å². The number of benzene rings is 1. The van der Waals surface area contributed by atoms with E-state index in [1.54, 1.807) is 18.2 Å². The molecular formula is C16H17BrN2O. The minimum Gasteiger partial charge on any atom is -0.320 e. The number of pyridine rings is 1. The molecule has 0 atom stereocenters. The van der Waals surface area contributed by atoms with Gasteiger partial charge >= 0.3 is 0 Å². The standard InChI is InChI=1S/C16H17BrN2O/c1-16(2,3)11-7-4-5-8-12(11)19-15(20)13-9-6-10-14(17)18-13/h4-10H,1-3H3,(H,19,20). The van der Waals surface area contributed by atoms with Crippen LogP contribution in [-0.2, 0) is 5.41 Å². The number of nitrogens with one attached hydrogen (secondary N) is 1. The molecule has 1 amide bonds. The van der Waals surface area contributed by atoms with Gasteiger partial charge in [-0.05, 0) is 45.1 Å². The van der Waals surface area contributed by atoms with Crippen molar-refractivity contribution in [2.45, 2.75) is 26.2 Å². The van der Waals surface area contributed by atoms with Crippen LogP contribution in [0, 0.1) is 0 Å². The Labute approximate surface area is 127 Å². The molecule has 1 aromatic heterocycles. The molecule has 0 bridgehead atoms. The molecule has 0 fully saturated rings. The lowest BCUT2D eigenvalue weighted by Gasteiger charge is -2.22. The molecule has 0 spiro atoms. The van der Waals surface area contributed by atoms with E-state index in [9.17, 15) is 4.79 Å². The van der Waals surface area contributed by atoms with E-state index in [1.165, 1.54) is 0 Å². The van der Waals surface area contributed by atoms with E-state index in [-0.39, 0.29) is 11.3 Å². The van der Waals surface area contributed by atoms with Crippen LogP contribution in [0.15, 0.2) is 47.1 Å². The van der Waals surface area contributed by atoms with Crippen molar-refractivity contribution in [3.8, 4) is 0 Å². The smallest absolute Gasteiger partial charge is 0.274 e. The van der Waals surface area contributed by atoms with Crippen LogP contribution in [0.3, 0.4) is 0 Å². The topological polar surface area (TPSA) is 42.0 Å². The van der Waals surface area contributed by atoms with Gasteiger partial charge in [-0.3, -0.25) is 4.79 Å². The summed E-state index contributed by atoms with van der Waals surface area (Å²) >= 11 is 3.27. The molecule has 1 N–H and O–H groups in total. The van der Waals surface area contributed by atoms with Crippen molar-refractivity contribution in [1.82, 2.24) is 4.98 Å². The molecule has 4 heteroatoms. The van der Waals surface area contributed by atoms with Crippen LogP contribution in [0.25, 0.3) is 0 Å². The van der Waals surface area contributed by atoms with Gasteiger partial charge in [0.25, 0.3) is 5.91 Å². The van der Waals surface area contributed by atoms with E-state index in [1.807, 2.05) is 24.3 Å². The number of hydrogen-bond donors (Lipinski definition) is 1. The molecule has 0 aliphatic carbocycles. The van der Waals surface area contributed by atoms with Crippen LogP contribution in [0.4, 0.5) is 5.69 Å². The zero-order valence-corrected chi connectivity index (χ0v) is 13.4. The zero-order chi connectivity index (χ0) is 14.8. The summed E-state index contributed by atoms with van der Waals surface area (Å²) < 4.78 is 0.647. The van der Waals surface area contributed by atoms with Crippen LogP contribution in [0.5, 0.6) is 0 Å². The van der Waals surface area contributed by atoms with Gasteiger partial charge < -0.3 is 5.32 Å². The highest BCUT2D eigenvalue weighted by atomic mass is 79.9. The second kappa shape index (κ2) is 5.75. The molecule has 0 saturated heterocycles. The minimum absolute atomic E-state index is 0.0332. The maximum absolute atomic E-state index is 12.3. The highest BCUT2D eigenvalue weighted by molar-refractivity contribution is 9.10. The average Bonchev–Trinajstić information content (AvgIpc) is 2.38. The van der Waals surface area contributed by atoms with Gasteiger partial charge in [-0.1, -0.05) is 45.0 Å². The van der Waals surface area contributed by atoms with Gasteiger partial charge in [-0.2, -0.15) is 0 Å². The number of amides is 1. The maximum Gasteiger partial charge on any atom is 0.274 e. The summed E-state index contributed by atoms with van der Waals surface area (Å²) in [5, 5.41) is 2.94. The van der Waals surface area contributed by atoms with Crippen molar-refractivity contribution in [1.29, 1.82) is 0 Å². The molecular weight excluding hydrogens is 316 g/mol. The highest BCUT2D eigenvalue weighted by Gasteiger charge is 2.19. The van der Waals surface area contributed by atoms with E-state index in [0.717, 1.165) is 11.3 Å². The summed E-state index contributed by atoms with van der Waals surface area (Å²) in [6.07, 6.45) is 0. The lowest BCUT2D eigenvalue weighted by atomic mass is 9.86. The summed E-state index contributed by atoms with van der Waals surface area (Å²) in [5.41, 5.74) is 2.28. The number of hydrogen-bond acceptors (Lipinski definition) is 2. The van der Waals surface area contributed by atoms with Crippen LogP contribution in [0.2, 0.25) is 0 Å². The van der Waals surface area contributed by atoms with Gasteiger partial charge in [0.1, 0.15) is 10.3 Å². The van der Waals surface area contributed by atoms with Gasteiger partial charge in [0.15, 0.2) is 0 Å². The molecule has 0 saturated carbocycles. The summed E-state index contributed by atoms with van der Waals surface area (Å²) in [6, 6.07) is 13.1. The molecule has 0 unspecified atom stereocenters. The van der Waals surface area contributed by atoms with Crippen molar-refractivity contribution in [2.75, 3.05) is 5.32 Å². The molecule has 2 rings (SSSR count). The van der Waals surface area contributed by atoms with E-state index >= 15 is 0 Å². The van der Waals surface area contributed by atoms with Crippen molar-refractivity contribution >= 4 is 27.5 Å². The first-order chi connectivity index (χ1) is 9.38. The van der Waals surface area contributed by atoms with Crippen LogP contribution >= 0.6 is 15.9 Å². The number of nitrogens with zero attached hydrogens (tertiary/aromatic N) is 1. The first kappa shape index (κ1) is 14.7. The Kier molecular flexibility index (Phi) is 4.23. The zero-order valence-electron chi connectivity index (χ0n) is 11.8. The molecule has 2 aromatic rings. The number of rotatable bonds is 2. The van der Waals surface area contributed by atoms with Crippen LogP contribution in [0.1, 0.15) is 36.8 Å². The fourth-order valence-corrected chi connectivity index (χ4v) is 2.31. The van der Waals surface area contributed by atoms with Gasteiger partial charge in [0.05, 0.1) is 0 Å². The number of halogens is 1. The van der Waals surface area contributed by atoms with Crippen LogP contribution < -0.4 is 5.32 Å². The van der Waals surface area contributed by atoms with Gasteiger partial charge in [0, 0.05) is 5.69 Å². The number of carbonyl (C=O) groups excluding carboxylic acids is 1. The molecule has 0 aliphatic rings. The molecule has 1 aromatic carbocycles. The number of aromatic nitrogens is 1. The molecule has 3 nitrogen and oxygen atoms in total.